The normalized spacial score (nSPS) is 12.0. The maximum absolute atomic E-state index is 8.88. The molecule has 15 heavy (non-hydrogen) atoms. The fourth-order valence-electron chi connectivity index (χ4n) is 1.40. The molecule has 0 spiro atoms. The van der Waals surface area contributed by atoms with Gasteiger partial charge in [0, 0.05) is 18.6 Å². The molecule has 0 radical (unpaired) electrons. The number of furan rings is 1. The second-order valence-corrected chi connectivity index (χ2v) is 4.43. The molecule has 0 saturated heterocycles. The van der Waals surface area contributed by atoms with E-state index in [0.29, 0.717) is 6.54 Å². The molecule has 1 aromatic heterocycles. The van der Waals surface area contributed by atoms with Crippen LogP contribution in [0.4, 0.5) is 0 Å². The van der Waals surface area contributed by atoms with Crippen LogP contribution in [0.3, 0.4) is 0 Å². The van der Waals surface area contributed by atoms with Gasteiger partial charge in [0.25, 0.3) is 0 Å². The van der Waals surface area contributed by atoms with Gasteiger partial charge in [0.2, 0.25) is 0 Å². The minimum absolute atomic E-state index is 0.0477. The van der Waals surface area contributed by atoms with Gasteiger partial charge in [0.05, 0.1) is 6.54 Å². The molecule has 0 fully saturated rings. The fraction of sp³-hybridized carbons (Fsp3) is 0.667. The summed E-state index contributed by atoms with van der Waals surface area (Å²) in [6.45, 7) is 7.15. The standard InChI is InChI=1S/C12H21NO2/c1-4-10-5-6-11(15-10)9-13-12(2,3)7-8-14/h5-6,13-14H,4,7-9H2,1-3H3. The van der Waals surface area contributed by atoms with Crippen molar-refractivity contribution in [1.82, 2.24) is 5.32 Å². The fourth-order valence-corrected chi connectivity index (χ4v) is 1.40. The van der Waals surface area contributed by atoms with Crippen LogP contribution >= 0.6 is 0 Å². The largest absolute Gasteiger partial charge is 0.465 e. The van der Waals surface area contributed by atoms with Gasteiger partial charge >= 0.3 is 0 Å². The highest BCUT2D eigenvalue weighted by Gasteiger charge is 2.16. The number of hydrogen-bond acceptors (Lipinski definition) is 3. The average molecular weight is 211 g/mol. The number of aliphatic hydroxyl groups excluding tert-OH is 1. The van der Waals surface area contributed by atoms with Crippen molar-refractivity contribution in [2.45, 2.75) is 45.7 Å². The van der Waals surface area contributed by atoms with Crippen molar-refractivity contribution in [3.8, 4) is 0 Å². The molecule has 0 saturated carbocycles. The zero-order valence-electron chi connectivity index (χ0n) is 9.84. The highest BCUT2D eigenvalue weighted by atomic mass is 16.3. The number of rotatable bonds is 6. The minimum atomic E-state index is -0.0477. The molecule has 0 aliphatic rings. The molecule has 0 unspecified atom stereocenters. The zero-order valence-corrected chi connectivity index (χ0v) is 9.84. The SMILES string of the molecule is CCc1ccc(CNC(C)(C)CCO)o1. The Balaban J connectivity index is 2.42. The van der Waals surface area contributed by atoms with E-state index in [-0.39, 0.29) is 12.1 Å². The van der Waals surface area contributed by atoms with Crippen LogP contribution in [0, 0.1) is 0 Å². The lowest BCUT2D eigenvalue weighted by Gasteiger charge is -2.24. The first-order valence-electron chi connectivity index (χ1n) is 5.51. The molecule has 3 heteroatoms. The van der Waals surface area contributed by atoms with Gasteiger partial charge in [-0.25, -0.2) is 0 Å². The highest BCUT2D eigenvalue weighted by Crippen LogP contribution is 2.12. The first-order chi connectivity index (χ1) is 7.07. The van der Waals surface area contributed by atoms with Gasteiger partial charge in [0.1, 0.15) is 11.5 Å². The van der Waals surface area contributed by atoms with E-state index in [0.717, 1.165) is 24.4 Å². The molecule has 0 bridgehead atoms. The van der Waals surface area contributed by atoms with Gasteiger partial charge in [0.15, 0.2) is 0 Å². The summed E-state index contributed by atoms with van der Waals surface area (Å²) in [5, 5.41) is 12.2. The molecular weight excluding hydrogens is 190 g/mol. The molecule has 0 atom stereocenters. The third-order valence-corrected chi connectivity index (χ3v) is 2.54. The van der Waals surface area contributed by atoms with Crippen molar-refractivity contribution in [3.05, 3.63) is 23.7 Å². The molecule has 1 rings (SSSR count). The lowest BCUT2D eigenvalue weighted by molar-refractivity contribution is 0.227. The van der Waals surface area contributed by atoms with E-state index in [2.05, 4.69) is 26.1 Å². The first-order valence-corrected chi connectivity index (χ1v) is 5.51. The Kier molecular flexibility index (Phi) is 4.36. The highest BCUT2D eigenvalue weighted by molar-refractivity contribution is 5.07. The lowest BCUT2D eigenvalue weighted by Crippen LogP contribution is -2.39. The molecular formula is C12H21NO2. The van der Waals surface area contributed by atoms with E-state index in [4.69, 9.17) is 9.52 Å². The van der Waals surface area contributed by atoms with Crippen molar-refractivity contribution >= 4 is 0 Å². The second kappa shape index (κ2) is 5.33. The summed E-state index contributed by atoms with van der Waals surface area (Å²) >= 11 is 0. The van der Waals surface area contributed by atoms with Crippen LogP contribution in [0.15, 0.2) is 16.5 Å². The Labute approximate surface area is 91.5 Å². The monoisotopic (exact) mass is 211 g/mol. The van der Waals surface area contributed by atoms with Crippen LogP contribution in [0.1, 0.15) is 38.7 Å². The molecule has 2 N–H and O–H groups in total. The lowest BCUT2D eigenvalue weighted by atomic mass is 10.0. The predicted octanol–water partition coefficient (Wildman–Crippen LogP) is 2.09. The van der Waals surface area contributed by atoms with E-state index < -0.39 is 0 Å². The number of hydrogen-bond donors (Lipinski definition) is 2. The summed E-state index contributed by atoms with van der Waals surface area (Å²) in [6, 6.07) is 4.01. The van der Waals surface area contributed by atoms with Crippen LogP contribution in [0.2, 0.25) is 0 Å². The topological polar surface area (TPSA) is 45.4 Å². The van der Waals surface area contributed by atoms with E-state index in [9.17, 15) is 0 Å². The predicted molar refractivity (Wildman–Crippen MR) is 60.7 cm³/mol. The molecule has 0 aliphatic heterocycles. The van der Waals surface area contributed by atoms with E-state index >= 15 is 0 Å². The van der Waals surface area contributed by atoms with Crippen LogP contribution in [-0.2, 0) is 13.0 Å². The number of aryl methyl sites for hydroxylation is 1. The van der Waals surface area contributed by atoms with Crippen LogP contribution < -0.4 is 5.32 Å². The van der Waals surface area contributed by atoms with E-state index in [1.54, 1.807) is 0 Å². The quantitative estimate of drug-likeness (QED) is 0.757. The van der Waals surface area contributed by atoms with Crippen LogP contribution in [0.5, 0.6) is 0 Å². The minimum Gasteiger partial charge on any atom is -0.465 e. The van der Waals surface area contributed by atoms with Gasteiger partial charge in [-0.2, -0.15) is 0 Å². The van der Waals surface area contributed by atoms with Crippen LogP contribution in [0.25, 0.3) is 0 Å². The molecule has 1 aromatic rings. The molecule has 3 nitrogen and oxygen atoms in total. The van der Waals surface area contributed by atoms with E-state index in [1.165, 1.54) is 0 Å². The smallest absolute Gasteiger partial charge is 0.117 e. The Bertz CT molecular complexity index is 292. The van der Waals surface area contributed by atoms with Crippen molar-refractivity contribution in [2.75, 3.05) is 6.61 Å². The summed E-state index contributed by atoms with van der Waals surface area (Å²) in [7, 11) is 0. The third-order valence-electron chi connectivity index (χ3n) is 2.54. The summed E-state index contributed by atoms with van der Waals surface area (Å²) in [5.74, 6) is 1.98. The van der Waals surface area contributed by atoms with Crippen molar-refractivity contribution in [2.24, 2.45) is 0 Å². The van der Waals surface area contributed by atoms with Crippen molar-refractivity contribution in [1.29, 1.82) is 0 Å². The number of nitrogens with one attached hydrogen (secondary N) is 1. The van der Waals surface area contributed by atoms with Gasteiger partial charge in [-0.15, -0.1) is 0 Å². The van der Waals surface area contributed by atoms with Gasteiger partial charge in [-0.3, -0.25) is 0 Å². The molecule has 1 heterocycles. The third kappa shape index (κ3) is 4.06. The van der Waals surface area contributed by atoms with Crippen LogP contribution in [-0.4, -0.2) is 17.3 Å². The molecule has 0 amide bonds. The molecule has 0 aromatic carbocycles. The summed E-state index contributed by atoms with van der Waals surface area (Å²) in [6.07, 6.45) is 1.67. The summed E-state index contributed by atoms with van der Waals surface area (Å²) in [4.78, 5) is 0. The average Bonchev–Trinajstić information content (AvgIpc) is 2.62. The second-order valence-electron chi connectivity index (χ2n) is 4.43. The van der Waals surface area contributed by atoms with Crippen molar-refractivity contribution < 1.29 is 9.52 Å². The zero-order chi connectivity index (χ0) is 11.3. The Morgan fingerprint density at radius 3 is 2.53 bits per heavy atom. The van der Waals surface area contributed by atoms with Gasteiger partial charge in [-0.05, 0) is 32.4 Å². The first kappa shape index (κ1) is 12.3. The molecule has 0 aliphatic carbocycles. The maximum Gasteiger partial charge on any atom is 0.117 e. The Morgan fingerprint density at radius 2 is 2.00 bits per heavy atom. The van der Waals surface area contributed by atoms with Gasteiger partial charge in [-0.1, -0.05) is 6.92 Å². The Hall–Kier alpha value is -0.800. The maximum atomic E-state index is 8.88. The molecule has 86 valence electrons. The summed E-state index contributed by atoms with van der Waals surface area (Å²) < 4.78 is 5.58. The summed E-state index contributed by atoms with van der Waals surface area (Å²) in [5.41, 5.74) is -0.0477. The van der Waals surface area contributed by atoms with Gasteiger partial charge < -0.3 is 14.8 Å². The number of aliphatic hydroxyl groups is 1. The van der Waals surface area contributed by atoms with E-state index in [1.807, 2.05) is 12.1 Å². The van der Waals surface area contributed by atoms with Crippen molar-refractivity contribution in [3.63, 3.8) is 0 Å². The Morgan fingerprint density at radius 1 is 1.33 bits per heavy atom.